The van der Waals surface area contributed by atoms with Crippen LogP contribution < -0.4 is 0 Å². The van der Waals surface area contributed by atoms with Gasteiger partial charge >= 0.3 is 5.97 Å². The lowest BCUT2D eigenvalue weighted by atomic mass is 9.92. The average Bonchev–Trinajstić information content (AvgIpc) is 2.94. The Morgan fingerprint density at radius 3 is 2.32 bits per heavy atom. The number of likely N-dealkylation sites (tertiary alicyclic amines) is 1. The minimum atomic E-state index is -2.63. The van der Waals surface area contributed by atoms with Crippen molar-refractivity contribution in [1.29, 1.82) is 0 Å². The lowest BCUT2D eigenvalue weighted by Crippen LogP contribution is -2.38. The Morgan fingerprint density at radius 1 is 1.26 bits per heavy atom. The van der Waals surface area contributed by atoms with Gasteiger partial charge in [-0.2, -0.15) is 0 Å². The Hall–Kier alpha value is -1.20. The van der Waals surface area contributed by atoms with Crippen LogP contribution in [0, 0.1) is 11.8 Å². The van der Waals surface area contributed by atoms with Gasteiger partial charge in [-0.05, 0) is 25.2 Å². The zero-order valence-electron chi connectivity index (χ0n) is 10.8. The van der Waals surface area contributed by atoms with Crippen LogP contribution in [0.1, 0.15) is 38.5 Å². The van der Waals surface area contributed by atoms with E-state index in [1.807, 2.05) is 0 Å². The van der Waals surface area contributed by atoms with Crippen molar-refractivity contribution in [2.75, 3.05) is 13.1 Å². The standard InChI is InChI=1S/C13H19F2NO3/c14-13(15)8-10(13)7-11(17)16-5-3-9(4-6-16)1-2-12(18)19/h9-10H,1-8H2,(H,18,19). The summed E-state index contributed by atoms with van der Waals surface area (Å²) in [6.45, 7) is 1.14. The van der Waals surface area contributed by atoms with E-state index in [1.54, 1.807) is 4.90 Å². The predicted octanol–water partition coefficient (Wildman–Crippen LogP) is 2.14. The summed E-state index contributed by atoms with van der Waals surface area (Å²) < 4.78 is 25.5. The topological polar surface area (TPSA) is 57.6 Å². The van der Waals surface area contributed by atoms with Gasteiger partial charge in [0.25, 0.3) is 5.92 Å². The molecule has 1 aliphatic heterocycles. The van der Waals surface area contributed by atoms with Gasteiger partial charge in [0.2, 0.25) is 5.91 Å². The molecule has 1 N–H and O–H groups in total. The third-order valence-electron chi connectivity index (χ3n) is 4.11. The van der Waals surface area contributed by atoms with Crippen LogP contribution in [-0.2, 0) is 9.59 Å². The van der Waals surface area contributed by atoms with Crippen molar-refractivity contribution in [3.8, 4) is 0 Å². The fourth-order valence-electron chi connectivity index (χ4n) is 2.63. The van der Waals surface area contributed by atoms with Crippen molar-refractivity contribution in [3.05, 3.63) is 0 Å². The largest absolute Gasteiger partial charge is 0.481 e. The molecule has 0 radical (unpaired) electrons. The molecule has 1 unspecified atom stereocenters. The number of aliphatic carboxylic acids is 1. The number of hydrogen-bond donors (Lipinski definition) is 1. The van der Waals surface area contributed by atoms with Crippen molar-refractivity contribution < 1.29 is 23.5 Å². The maximum Gasteiger partial charge on any atom is 0.303 e. The fourth-order valence-corrected chi connectivity index (χ4v) is 2.63. The maximum atomic E-state index is 12.7. The normalized spacial score (nSPS) is 26.2. The van der Waals surface area contributed by atoms with E-state index < -0.39 is 17.8 Å². The summed E-state index contributed by atoms with van der Waals surface area (Å²) in [7, 11) is 0. The zero-order valence-corrected chi connectivity index (χ0v) is 10.8. The molecular weight excluding hydrogens is 256 g/mol. The van der Waals surface area contributed by atoms with Crippen molar-refractivity contribution in [1.82, 2.24) is 4.90 Å². The molecule has 4 nitrogen and oxygen atoms in total. The highest BCUT2D eigenvalue weighted by atomic mass is 19.3. The number of carboxylic acids is 1. The van der Waals surface area contributed by atoms with Crippen LogP contribution >= 0.6 is 0 Å². The van der Waals surface area contributed by atoms with E-state index in [4.69, 9.17) is 5.11 Å². The van der Waals surface area contributed by atoms with Gasteiger partial charge in [-0.25, -0.2) is 8.78 Å². The Kier molecular flexibility index (Phi) is 4.06. The molecule has 0 aromatic rings. The first kappa shape index (κ1) is 14.2. The summed E-state index contributed by atoms with van der Waals surface area (Å²) in [5.41, 5.74) is 0. The smallest absolute Gasteiger partial charge is 0.303 e. The van der Waals surface area contributed by atoms with E-state index >= 15 is 0 Å². The Bertz CT molecular complexity index is 365. The third-order valence-corrected chi connectivity index (χ3v) is 4.11. The minimum absolute atomic E-state index is 0.0488. The number of rotatable bonds is 5. The van der Waals surface area contributed by atoms with E-state index in [2.05, 4.69) is 0 Å². The van der Waals surface area contributed by atoms with Crippen LogP contribution in [-0.4, -0.2) is 40.9 Å². The lowest BCUT2D eigenvalue weighted by Gasteiger charge is -2.32. The van der Waals surface area contributed by atoms with Crippen molar-refractivity contribution in [2.45, 2.75) is 44.4 Å². The van der Waals surface area contributed by atoms with Crippen molar-refractivity contribution >= 4 is 11.9 Å². The molecule has 1 atom stereocenters. The number of halogens is 2. The number of amides is 1. The van der Waals surface area contributed by atoms with Crippen LogP contribution in [0.3, 0.4) is 0 Å². The number of carbonyl (C=O) groups excluding carboxylic acids is 1. The van der Waals surface area contributed by atoms with Gasteiger partial charge in [0.15, 0.2) is 0 Å². The third kappa shape index (κ3) is 3.88. The van der Waals surface area contributed by atoms with Gasteiger partial charge < -0.3 is 10.0 Å². The number of piperidine rings is 1. The van der Waals surface area contributed by atoms with Gasteiger partial charge in [-0.3, -0.25) is 9.59 Å². The molecule has 108 valence electrons. The van der Waals surface area contributed by atoms with Crippen LogP contribution in [0.2, 0.25) is 0 Å². The molecule has 1 aliphatic carbocycles. The molecule has 19 heavy (non-hydrogen) atoms. The highest BCUT2D eigenvalue weighted by Crippen LogP contribution is 2.50. The fraction of sp³-hybridized carbons (Fsp3) is 0.846. The monoisotopic (exact) mass is 275 g/mol. The number of carbonyl (C=O) groups is 2. The van der Waals surface area contributed by atoms with Gasteiger partial charge in [-0.1, -0.05) is 0 Å². The van der Waals surface area contributed by atoms with Gasteiger partial charge in [0, 0.05) is 38.3 Å². The van der Waals surface area contributed by atoms with E-state index in [0.717, 1.165) is 12.8 Å². The highest BCUT2D eigenvalue weighted by Gasteiger charge is 2.57. The van der Waals surface area contributed by atoms with Gasteiger partial charge in [0.1, 0.15) is 0 Å². The summed E-state index contributed by atoms with van der Waals surface area (Å²) in [6, 6.07) is 0. The molecule has 0 spiro atoms. The van der Waals surface area contributed by atoms with E-state index in [0.29, 0.717) is 25.4 Å². The van der Waals surface area contributed by atoms with Gasteiger partial charge in [0.05, 0.1) is 0 Å². The minimum Gasteiger partial charge on any atom is -0.481 e. The first-order chi connectivity index (χ1) is 8.88. The van der Waals surface area contributed by atoms with E-state index in [9.17, 15) is 18.4 Å². The molecule has 6 heteroatoms. The first-order valence-corrected chi connectivity index (χ1v) is 6.76. The molecule has 2 aliphatic rings. The second kappa shape index (κ2) is 5.43. The van der Waals surface area contributed by atoms with Crippen LogP contribution in [0.15, 0.2) is 0 Å². The van der Waals surface area contributed by atoms with Crippen molar-refractivity contribution in [3.63, 3.8) is 0 Å². The van der Waals surface area contributed by atoms with Gasteiger partial charge in [-0.15, -0.1) is 0 Å². The molecule has 0 bridgehead atoms. The predicted molar refractivity (Wildman–Crippen MR) is 63.8 cm³/mol. The molecule has 1 amide bonds. The van der Waals surface area contributed by atoms with E-state index in [1.165, 1.54) is 0 Å². The van der Waals surface area contributed by atoms with Crippen LogP contribution in [0.5, 0.6) is 0 Å². The highest BCUT2D eigenvalue weighted by molar-refractivity contribution is 5.77. The van der Waals surface area contributed by atoms with Crippen LogP contribution in [0.4, 0.5) is 8.78 Å². The molecule has 1 saturated carbocycles. The molecule has 0 aromatic heterocycles. The number of nitrogens with zero attached hydrogens (tertiary/aromatic N) is 1. The molecule has 1 heterocycles. The Labute approximate surface area is 110 Å². The summed E-state index contributed by atoms with van der Waals surface area (Å²) in [5, 5.41) is 8.60. The summed E-state index contributed by atoms with van der Waals surface area (Å²) >= 11 is 0. The summed E-state index contributed by atoms with van der Waals surface area (Å²) in [5.74, 6) is -4.03. The molecule has 1 saturated heterocycles. The zero-order chi connectivity index (χ0) is 14.0. The lowest BCUT2D eigenvalue weighted by molar-refractivity contribution is -0.138. The van der Waals surface area contributed by atoms with Crippen molar-refractivity contribution in [2.24, 2.45) is 11.8 Å². The molecule has 0 aromatic carbocycles. The Morgan fingerprint density at radius 2 is 1.84 bits per heavy atom. The second-order valence-electron chi connectivity index (χ2n) is 5.62. The maximum absolute atomic E-state index is 12.7. The SMILES string of the molecule is O=C(O)CCC1CCN(C(=O)CC2CC2(F)F)CC1. The van der Waals surface area contributed by atoms with Crippen LogP contribution in [0.25, 0.3) is 0 Å². The quantitative estimate of drug-likeness (QED) is 0.836. The number of alkyl halides is 2. The first-order valence-electron chi connectivity index (χ1n) is 6.76. The molecule has 2 rings (SSSR count). The molecule has 2 fully saturated rings. The summed E-state index contributed by atoms with van der Waals surface area (Å²) in [6.07, 6.45) is 2.14. The average molecular weight is 275 g/mol. The number of hydrogen-bond acceptors (Lipinski definition) is 2. The Balaban J connectivity index is 1.68. The summed E-state index contributed by atoms with van der Waals surface area (Å²) in [4.78, 5) is 23.9. The number of carboxylic acid groups (broad SMARTS) is 1. The second-order valence-corrected chi connectivity index (χ2v) is 5.62. The molecular formula is C13H19F2NO3. The van der Waals surface area contributed by atoms with E-state index in [-0.39, 0.29) is 25.2 Å².